The van der Waals surface area contributed by atoms with Crippen LogP contribution in [0.25, 0.3) is 0 Å². The third-order valence-electron chi connectivity index (χ3n) is 4.99. The summed E-state index contributed by atoms with van der Waals surface area (Å²) in [4.78, 5) is 26.5. The summed E-state index contributed by atoms with van der Waals surface area (Å²) in [6, 6.07) is 4.03. The summed E-state index contributed by atoms with van der Waals surface area (Å²) < 4.78 is 32.3. The first-order valence-corrected chi connectivity index (χ1v) is 11.5. The van der Waals surface area contributed by atoms with E-state index in [-0.39, 0.29) is 23.1 Å². The minimum Gasteiger partial charge on any atom is -0.382 e. The Morgan fingerprint density at radius 3 is 2.52 bits per heavy atom. The number of rotatable bonds is 10. The highest BCUT2D eigenvalue weighted by molar-refractivity contribution is 7.89. The molecule has 0 fully saturated rings. The van der Waals surface area contributed by atoms with Crippen molar-refractivity contribution in [3.05, 3.63) is 23.8 Å². The normalized spacial score (nSPS) is 16.2. The molecule has 29 heavy (non-hydrogen) atoms. The van der Waals surface area contributed by atoms with Gasteiger partial charge in [0.25, 0.3) is 0 Å². The Hall–Kier alpha value is -1.97. The van der Waals surface area contributed by atoms with Crippen LogP contribution in [0, 0.1) is 0 Å². The number of carbonyl (C=O) groups excluding carboxylic acids is 2. The van der Waals surface area contributed by atoms with E-state index in [0.29, 0.717) is 50.5 Å². The fraction of sp³-hybridized carbons (Fsp3) is 0.600. The molecule has 1 atom stereocenters. The molecule has 0 aliphatic carbocycles. The molecule has 1 aliphatic rings. The lowest BCUT2D eigenvalue weighted by Gasteiger charge is -2.23. The topological polar surface area (TPSA) is 96.0 Å². The summed E-state index contributed by atoms with van der Waals surface area (Å²) >= 11 is 0. The van der Waals surface area contributed by atoms with Crippen LogP contribution in [0.4, 0.5) is 5.69 Å². The zero-order valence-corrected chi connectivity index (χ0v) is 18.4. The molecule has 1 aromatic carbocycles. The number of hydrogen-bond acceptors (Lipinski definition) is 5. The van der Waals surface area contributed by atoms with Gasteiger partial charge in [-0.1, -0.05) is 13.8 Å². The van der Waals surface area contributed by atoms with Crippen molar-refractivity contribution in [3.63, 3.8) is 0 Å². The van der Waals surface area contributed by atoms with E-state index in [9.17, 15) is 18.0 Å². The number of ether oxygens (including phenoxy) is 1. The van der Waals surface area contributed by atoms with E-state index in [1.54, 1.807) is 26.0 Å². The average Bonchev–Trinajstić information content (AvgIpc) is 3.07. The van der Waals surface area contributed by atoms with E-state index in [0.717, 1.165) is 0 Å². The third kappa shape index (κ3) is 5.15. The van der Waals surface area contributed by atoms with Crippen LogP contribution in [0.1, 0.15) is 39.7 Å². The number of nitrogens with zero attached hydrogens (tertiary/aromatic N) is 2. The number of hydrogen-bond donors (Lipinski definition) is 1. The molecule has 1 aromatic rings. The molecular weight excluding hydrogens is 394 g/mol. The number of benzene rings is 1. The number of nitrogens with one attached hydrogen (secondary N) is 1. The fourth-order valence-electron chi connectivity index (χ4n) is 3.55. The highest BCUT2D eigenvalue weighted by Crippen LogP contribution is 2.34. The predicted octanol–water partition coefficient (Wildman–Crippen LogP) is 1.54. The van der Waals surface area contributed by atoms with Crippen molar-refractivity contribution in [2.24, 2.45) is 0 Å². The van der Waals surface area contributed by atoms with Gasteiger partial charge >= 0.3 is 0 Å². The maximum Gasteiger partial charge on any atom is 0.243 e. The Labute approximate surface area is 173 Å². The minimum absolute atomic E-state index is 0.182. The van der Waals surface area contributed by atoms with E-state index in [1.165, 1.54) is 22.2 Å². The van der Waals surface area contributed by atoms with Crippen LogP contribution in [0.2, 0.25) is 0 Å². The van der Waals surface area contributed by atoms with Gasteiger partial charge in [0, 0.05) is 51.9 Å². The van der Waals surface area contributed by atoms with Crippen molar-refractivity contribution in [1.82, 2.24) is 9.62 Å². The Morgan fingerprint density at radius 2 is 1.93 bits per heavy atom. The first-order chi connectivity index (χ1) is 13.8. The van der Waals surface area contributed by atoms with Gasteiger partial charge in [0.15, 0.2) is 0 Å². The molecule has 0 saturated carbocycles. The van der Waals surface area contributed by atoms with Crippen molar-refractivity contribution >= 4 is 27.5 Å². The SMILES string of the molecule is CCOCCCNC(=O)[C@H]1Cc2cc(S(=O)(=O)N(CC)CC)ccc2N1C(C)=O. The molecule has 0 bridgehead atoms. The monoisotopic (exact) mass is 425 g/mol. The second-order valence-electron chi connectivity index (χ2n) is 6.83. The van der Waals surface area contributed by atoms with Crippen molar-refractivity contribution in [2.45, 2.75) is 51.5 Å². The summed E-state index contributed by atoms with van der Waals surface area (Å²) in [5.41, 5.74) is 1.27. The molecular formula is C20H31N3O5S. The van der Waals surface area contributed by atoms with Crippen molar-refractivity contribution in [2.75, 3.05) is 37.7 Å². The van der Waals surface area contributed by atoms with Crippen molar-refractivity contribution < 1.29 is 22.7 Å². The molecule has 2 amide bonds. The Balaban J connectivity index is 2.22. The van der Waals surface area contributed by atoms with Gasteiger partial charge in [-0.15, -0.1) is 0 Å². The summed E-state index contributed by atoms with van der Waals surface area (Å²) in [7, 11) is -3.61. The second kappa shape index (κ2) is 10.2. The molecule has 8 nitrogen and oxygen atoms in total. The van der Waals surface area contributed by atoms with Crippen molar-refractivity contribution in [3.8, 4) is 0 Å². The number of anilines is 1. The first-order valence-electron chi connectivity index (χ1n) is 10.1. The molecule has 2 rings (SSSR count). The van der Waals surface area contributed by atoms with Gasteiger partial charge in [0.05, 0.1) is 4.90 Å². The van der Waals surface area contributed by atoms with Crippen LogP contribution in [0.15, 0.2) is 23.1 Å². The molecule has 1 N–H and O–H groups in total. The van der Waals surface area contributed by atoms with E-state index in [1.807, 2.05) is 6.92 Å². The number of sulfonamides is 1. The van der Waals surface area contributed by atoms with Crippen LogP contribution in [-0.2, 0) is 30.8 Å². The Kier molecular flexibility index (Phi) is 8.18. The quantitative estimate of drug-likeness (QED) is 0.574. The Bertz CT molecular complexity index is 837. The largest absolute Gasteiger partial charge is 0.382 e. The first kappa shape index (κ1) is 23.3. The molecule has 0 radical (unpaired) electrons. The lowest BCUT2D eigenvalue weighted by Crippen LogP contribution is -2.47. The van der Waals surface area contributed by atoms with Crippen LogP contribution in [-0.4, -0.2) is 63.4 Å². The maximum atomic E-state index is 12.8. The number of fused-ring (bicyclic) bond motifs is 1. The lowest BCUT2D eigenvalue weighted by molar-refractivity contribution is -0.125. The van der Waals surface area contributed by atoms with Gasteiger partial charge in [-0.25, -0.2) is 8.42 Å². The third-order valence-corrected chi connectivity index (χ3v) is 7.04. The molecule has 0 unspecified atom stereocenters. The van der Waals surface area contributed by atoms with E-state index in [4.69, 9.17) is 4.74 Å². The van der Waals surface area contributed by atoms with Crippen LogP contribution < -0.4 is 10.2 Å². The molecule has 1 aliphatic heterocycles. The van der Waals surface area contributed by atoms with E-state index >= 15 is 0 Å². The fourth-order valence-corrected chi connectivity index (χ4v) is 5.06. The summed E-state index contributed by atoms with van der Waals surface area (Å²) in [5, 5.41) is 2.85. The summed E-state index contributed by atoms with van der Waals surface area (Å²) in [6.07, 6.45) is 0.972. The van der Waals surface area contributed by atoms with E-state index < -0.39 is 16.1 Å². The van der Waals surface area contributed by atoms with Crippen LogP contribution >= 0.6 is 0 Å². The highest BCUT2D eigenvalue weighted by atomic mass is 32.2. The highest BCUT2D eigenvalue weighted by Gasteiger charge is 2.37. The van der Waals surface area contributed by atoms with Crippen LogP contribution in [0.5, 0.6) is 0 Å². The molecule has 0 spiro atoms. The van der Waals surface area contributed by atoms with Gasteiger partial charge in [-0.2, -0.15) is 4.31 Å². The van der Waals surface area contributed by atoms with E-state index in [2.05, 4.69) is 5.32 Å². The maximum absolute atomic E-state index is 12.8. The van der Waals surface area contributed by atoms with Gasteiger partial charge < -0.3 is 10.1 Å². The van der Waals surface area contributed by atoms with Crippen molar-refractivity contribution in [1.29, 1.82) is 0 Å². The van der Waals surface area contributed by atoms with Gasteiger partial charge in [-0.3, -0.25) is 14.5 Å². The average molecular weight is 426 g/mol. The van der Waals surface area contributed by atoms with Gasteiger partial charge in [0.2, 0.25) is 21.8 Å². The zero-order valence-electron chi connectivity index (χ0n) is 17.6. The van der Waals surface area contributed by atoms with Gasteiger partial charge in [-0.05, 0) is 37.1 Å². The molecule has 1 heterocycles. The summed E-state index contributed by atoms with van der Waals surface area (Å²) in [6.45, 7) is 9.30. The predicted molar refractivity (Wildman–Crippen MR) is 111 cm³/mol. The summed E-state index contributed by atoms with van der Waals surface area (Å²) in [5.74, 6) is -0.501. The minimum atomic E-state index is -3.61. The second-order valence-corrected chi connectivity index (χ2v) is 8.77. The molecule has 0 aromatic heterocycles. The molecule has 9 heteroatoms. The van der Waals surface area contributed by atoms with Crippen LogP contribution in [0.3, 0.4) is 0 Å². The lowest BCUT2D eigenvalue weighted by atomic mass is 10.1. The number of carbonyl (C=O) groups is 2. The smallest absolute Gasteiger partial charge is 0.243 e. The zero-order chi connectivity index (χ0) is 21.6. The Morgan fingerprint density at radius 1 is 1.24 bits per heavy atom. The van der Waals surface area contributed by atoms with Gasteiger partial charge in [0.1, 0.15) is 6.04 Å². The molecule has 162 valence electrons. The number of amides is 2. The standard InChI is InChI=1S/C20H31N3O5S/c1-5-22(6-2)29(26,27)17-9-10-18-16(13-17)14-19(23(18)15(4)24)20(25)21-11-8-12-28-7-3/h9-10,13,19H,5-8,11-12,14H2,1-4H3,(H,21,25)/t19-/m1/s1. The molecule has 0 saturated heterocycles.